The van der Waals surface area contributed by atoms with Gasteiger partial charge in [0.25, 0.3) is 0 Å². The molecule has 130 valence electrons. The van der Waals surface area contributed by atoms with Gasteiger partial charge in [-0.3, -0.25) is 9.78 Å². The second-order valence-corrected chi connectivity index (χ2v) is 6.08. The third-order valence-electron chi connectivity index (χ3n) is 4.39. The molecule has 4 rings (SSSR count). The molecule has 26 heavy (non-hydrogen) atoms. The van der Waals surface area contributed by atoms with Crippen LogP contribution in [0, 0.1) is 0 Å². The third kappa shape index (κ3) is 3.09. The van der Waals surface area contributed by atoms with Crippen LogP contribution in [0.15, 0.2) is 55.0 Å². The van der Waals surface area contributed by atoms with Gasteiger partial charge in [0, 0.05) is 48.2 Å². The second kappa shape index (κ2) is 6.84. The maximum absolute atomic E-state index is 11.3. The molecule has 0 radical (unpaired) electrons. The molecule has 3 aromatic rings. The van der Waals surface area contributed by atoms with Crippen molar-refractivity contribution < 1.29 is 9.53 Å². The van der Waals surface area contributed by atoms with Crippen molar-refractivity contribution in [2.45, 2.75) is 13.0 Å². The van der Waals surface area contributed by atoms with Crippen molar-refractivity contribution in [3.8, 4) is 16.9 Å². The summed E-state index contributed by atoms with van der Waals surface area (Å²) in [5.74, 6) is 1.25. The molecule has 0 atom stereocenters. The van der Waals surface area contributed by atoms with Crippen molar-refractivity contribution in [1.29, 1.82) is 0 Å². The van der Waals surface area contributed by atoms with Crippen LogP contribution in [0.25, 0.3) is 11.1 Å². The molecular formula is C20H18N4O2. The Bertz CT molecular complexity index is 957. The van der Waals surface area contributed by atoms with Crippen molar-refractivity contribution in [3.63, 3.8) is 0 Å². The van der Waals surface area contributed by atoms with Gasteiger partial charge in [0.15, 0.2) is 0 Å². The van der Waals surface area contributed by atoms with Crippen molar-refractivity contribution in [1.82, 2.24) is 9.97 Å². The number of carbonyl (C=O) groups is 1. The normalized spacial score (nSPS) is 12.3. The van der Waals surface area contributed by atoms with Crippen LogP contribution >= 0.6 is 0 Å². The van der Waals surface area contributed by atoms with E-state index in [1.807, 2.05) is 30.5 Å². The fourth-order valence-electron chi connectivity index (χ4n) is 3.10. The quantitative estimate of drug-likeness (QED) is 0.741. The Labute approximate surface area is 151 Å². The number of benzene rings is 1. The van der Waals surface area contributed by atoms with E-state index in [2.05, 4.69) is 15.3 Å². The number of hydrogen-bond donors (Lipinski definition) is 2. The largest absolute Gasteiger partial charge is 0.492 e. The Morgan fingerprint density at radius 2 is 2.08 bits per heavy atom. The SMILES string of the molecule is NC(=O)c1cccc(CNc2ncc(-c3ccncc3)c3c2CCO3)c1. The number of rotatable bonds is 5. The summed E-state index contributed by atoms with van der Waals surface area (Å²) in [7, 11) is 0. The maximum atomic E-state index is 11.3. The molecule has 1 aliphatic rings. The molecule has 6 nitrogen and oxygen atoms in total. The van der Waals surface area contributed by atoms with Gasteiger partial charge in [0.05, 0.1) is 6.61 Å². The summed E-state index contributed by atoms with van der Waals surface area (Å²) in [4.78, 5) is 20.0. The Balaban J connectivity index is 1.60. The van der Waals surface area contributed by atoms with Gasteiger partial charge in [-0.2, -0.15) is 0 Å². The standard InChI is InChI=1S/C20H18N4O2/c21-19(25)15-3-1-2-13(10-15)11-23-20-16-6-9-26-18(16)17(12-24-20)14-4-7-22-8-5-14/h1-5,7-8,10,12H,6,9,11H2,(H2,21,25)(H,23,24). The van der Waals surface area contributed by atoms with E-state index in [-0.39, 0.29) is 0 Å². The molecule has 0 saturated heterocycles. The fraction of sp³-hybridized carbons (Fsp3) is 0.150. The second-order valence-electron chi connectivity index (χ2n) is 6.08. The number of aromatic nitrogens is 2. The first-order chi connectivity index (χ1) is 12.7. The predicted octanol–water partition coefficient (Wildman–Crippen LogP) is 2.79. The summed E-state index contributed by atoms with van der Waals surface area (Å²) in [5, 5.41) is 3.35. The number of nitrogens with one attached hydrogen (secondary N) is 1. The molecule has 0 bridgehead atoms. The molecule has 0 unspecified atom stereocenters. The Kier molecular flexibility index (Phi) is 4.23. The lowest BCUT2D eigenvalue weighted by molar-refractivity contribution is 0.1000. The number of nitrogens with zero attached hydrogens (tertiary/aromatic N) is 2. The van der Waals surface area contributed by atoms with Crippen molar-refractivity contribution >= 4 is 11.7 Å². The summed E-state index contributed by atoms with van der Waals surface area (Å²) in [6.45, 7) is 1.19. The van der Waals surface area contributed by atoms with Gasteiger partial charge < -0.3 is 15.8 Å². The van der Waals surface area contributed by atoms with Gasteiger partial charge >= 0.3 is 0 Å². The lowest BCUT2D eigenvalue weighted by Crippen LogP contribution is -2.11. The number of anilines is 1. The highest BCUT2D eigenvalue weighted by atomic mass is 16.5. The Morgan fingerprint density at radius 3 is 2.88 bits per heavy atom. The maximum Gasteiger partial charge on any atom is 0.248 e. The van der Waals surface area contributed by atoms with Crippen molar-refractivity contribution in [3.05, 3.63) is 71.7 Å². The number of ether oxygens (including phenoxy) is 1. The van der Waals surface area contributed by atoms with Crippen LogP contribution in [0.3, 0.4) is 0 Å². The summed E-state index contributed by atoms with van der Waals surface area (Å²) >= 11 is 0. The number of fused-ring (bicyclic) bond motifs is 1. The molecule has 3 N–H and O–H groups in total. The summed E-state index contributed by atoms with van der Waals surface area (Å²) in [6, 6.07) is 11.2. The monoisotopic (exact) mass is 346 g/mol. The van der Waals surface area contributed by atoms with E-state index in [1.54, 1.807) is 24.5 Å². The molecule has 2 aromatic heterocycles. The van der Waals surface area contributed by atoms with E-state index in [1.165, 1.54) is 0 Å². The zero-order valence-corrected chi connectivity index (χ0v) is 14.1. The van der Waals surface area contributed by atoms with Gasteiger partial charge in [0.2, 0.25) is 5.91 Å². The zero-order valence-electron chi connectivity index (χ0n) is 14.1. The number of primary amides is 1. The topological polar surface area (TPSA) is 90.1 Å². The molecule has 0 saturated carbocycles. The highest BCUT2D eigenvalue weighted by Gasteiger charge is 2.22. The lowest BCUT2D eigenvalue weighted by atomic mass is 10.0. The number of amides is 1. The number of nitrogens with two attached hydrogens (primary N) is 1. The predicted molar refractivity (Wildman–Crippen MR) is 99.0 cm³/mol. The average molecular weight is 346 g/mol. The van der Waals surface area contributed by atoms with Crippen LogP contribution in [0.4, 0.5) is 5.82 Å². The number of hydrogen-bond acceptors (Lipinski definition) is 5. The highest BCUT2D eigenvalue weighted by Crippen LogP contribution is 2.39. The van der Waals surface area contributed by atoms with Gasteiger partial charge in [-0.05, 0) is 35.4 Å². The van der Waals surface area contributed by atoms with Crippen molar-refractivity contribution in [2.75, 3.05) is 11.9 Å². The van der Waals surface area contributed by atoms with Crippen LogP contribution in [0.2, 0.25) is 0 Å². The Hall–Kier alpha value is -3.41. The molecular weight excluding hydrogens is 328 g/mol. The average Bonchev–Trinajstić information content (AvgIpc) is 3.17. The van der Waals surface area contributed by atoms with Crippen LogP contribution < -0.4 is 15.8 Å². The lowest BCUT2D eigenvalue weighted by Gasteiger charge is -2.13. The molecule has 0 spiro atoms. The third-order valence-corrected chi connectivity index (χ3v) is 4.39. The molecule has 6 heteroatoms. The minimum Gasteiger partial charge on any atom is -0.492 e. The van der Waals surface area contributed by atoms with Crippen LogP contribution in [-0.2, 0) is 13.0 Å². The first kappa shape index (κ1) is 16.1. The van der Waals surface area contributed by atoms with Crippen molar-refractivity contribution in [2.24, 2.45) is 5.73 Å². The molecule has 1 aromatic carbocycles. The van der Waals surface area contributed by atoms with Gasteiger partial charge in [-0.1, -0.05) is 12.1 Å². The molecule has 1 amide bonds. The minimum absolute atomic E-state index is 0.430. The van der Waals surface area contributed by atoms with Crippen LogP contribution in [0.1, 0.15) is 21.5 Å². The van der Waals surface area contributed by atoms with E-state index in [0.717, 1.165) is 40.2 Å². The summed E-state index contributed by atoms with van der Waals surface area (Å²) in [6.07, 6.45) is 6.15. The molecule has 1 aliphatic heterocycles. The fourth-order valence-corrected chi connectivity index (χ4v) is 3.10. The van der Waals surface area contributed by atoms with Gasteiger partial charge in [0.1, 0.15) is 11.6 Å². The van der Waals surface area contributed by atoms with E-state index < -0.39 is 5.91 Å². The van der Waals surface area contributed by atoms with E-state index >= 15 is 0 Å². The van der Waals surface area contributed by atoms with Crippen LogP contribution in [-0.4, -0.2) is 22.5 Å². The molecule has 0 fully saturated rings. The first-order valence-corrected chi connectivity index (χ1v) is 8.40. The Morgan fingerprint density at radius 1 is 1.23 bits per heavy atom. The number of carbonyl (C=O) groups excluding carboxylic acids is 1. The smallest absolute Gasteiger partial charge is 0.248 e. The highest BCUT2D eigenvalue weighted by molar-refractivity contribution is 5.92. The molecule has 0 aliphatic carbocycles. The van der Waals surface area contributed by atoms with Gasteiger partial charge in [-0.25, -0.2) is 4.98 Å². The molecule has 3 heterocycles. The van der Waals surface area contributed by atoms with Crippen LogP contribution in [0.5, 0.6) is 5.75 Å². The van der Waals surface area contributed by atoms with Gasteiger partial charge in [-0.15, -0.1) is 0 Å². The first-order valence-electron chi connectivity index (χ1n) is 8.40. The van der Waals surface area contributed by atoms with E-state index in [4.69, 9.17) is 10.5 Å². The number of pyridine rings is 2. The van der Waals surface area contributed by atoms with E-state index in [9.17, 15) is 4.79 Å². The summed E-state index contributed by atoms with van der Waals surface area (Å²) < 4.78 is 5.87. The zero-order chi connectivity index (χ0) is 17.9. The summed E-state index contributed by atoms with van der Waals surface area (Å²) in [5.41, 5.74) is 9.89. The van der Waals surface area contributed by atoms with E-state index in [0.29, 0.717) is 18.7 Å². The minimum atomic E-state index is -0.430.